The number of piperidine rings is 1. The van der Waals surface area contributed by atoms with Gasteiger partial charge >= 0.3 is 5.97 Å². The first-order valence-electron chi connectivity index (χ1n) is 7.62. The van der Waals surface area contributed by atoms with Crippen LogP contribution < -0.4 is 0 Å². The van der Waals surface area contributed by atoms with Gasteiger partial charge in [-0.3, -0.25) is 14.6 Å². The molecule has 1 aromatic rings. The molecule has 0 bridgehead atoms. The summed E-state index contributed by atoms with van der Waals surface area (Å²) in [6.07, 6.45) is 1.97. The van der Waals surface area contributed by atoms with E-state index in [1.165, 1.54) is 0 Å². The van der Waals surface area contributed by atoms with E-state index in [1.807, 2.05) is 24.0 Å². The number of carboxylic acid groups (broad SMARTS) is 1. The van der Waals surface area contributed by atoms with E-state index in [0.29, 0.717) is 16.1 Å². The third-order valence-electron chi connectivity index (χ3n) is 4.24. The van der Waals surface area contributed by atoms with Crippen LogP contribution >= 0.6 is 23.2 Å². The number of aliphatic carboxylic acids is 1. The fourth-order valence-electron chi connectivity index (χ4n) is 3.03. The third-order valence-corrected chi connectivity index (χ3v) is 5.10. The van der Waals surface area contributed by atoms with Crippen LogP contribution in [0.2, 0.25) is 10.0 Å². The lowest BCUT2D eigenvalue weighted by atomic mass is 10.0. The Labute approximate surface area is 141 Å². The summed E-state index contributed by atoms with van der Waals surface area (Å²) in [4.78, 5) is 15.3. The molecule has 0 atom stereocenters. The van der Waals surface area contributed by atoms with Crippen molar-refractivity contribution in [2.24, 2.45) is 0 Å². The van der Waals surface area contributed by atoms with Gasteiger partial charge < -0.3 is 5.11 Å². The molecule has 1 aliphatic rings. The fourth-order valence-corrected chi connectivity index (χ4v) is 3.41. The average Bonchev–Trinajstić information content (AvgIpc) is 2.50. The normalized spacial score (nSPS) is 17.1. The first-order chi connectivity index (χ1) is 10.5. The number of nitrogens with zero attached hydrogens (tertiary/aromatic N) is 2. The number of hydrogen-bond acceptors (Lipinski definition) is 3. The average molecular weight is 345 g/mol. The van der Waals surface area contributed by atoms with Crippen LogP contribution in [0.4, 0.5) is 0 Å². The quantitative estimate of drug-likeness (QED) is 0.859. The molecule has 0 amide bonds. The molecule has 1 heterocycles. The standard InChI is InChI=1S/C16H22Cl2N2O2/c1-2-20(11-15(21)22)13-6-8-19(9-7-13)10-12-4-3-5-14(17)16(12)18/h3-5,13H,2,6-11H2,1H3,(H,21,22). The van der Waals surface area contributed by atoms with E-state index in [0.717, 1.165) is 44.6 Å². The van der Waals surface area contributed by atoms with Gasteiger partial charge in [0.25, 0.3) is 0 Å². The molecule has 22 heavy (non-hydrogen) atoms. The minimum absolute atomic E-state index is 0.126. The molecule has 0 aliphatic carbocycles. The van der Waals surface area contributed by atoms with Gasteiger partial charge in [-0.25, -0.2) is 0 Å². The molecule has 1 aromatic carbocycles. The van der Waals surface area contributed by atoms with Crippen LogP contribution in [0.15, 0.2) is 18.2 Å². The molecule has 0 saturated carbocycles. The van der Waals surface area contributed by atoms with Crippen LogP contribution in [-0.4, -0.2) is 53.1 Å². The molecular formula is C16H22Cl2N2O2. The Morgan fingerprint density at radius 3 is 2.64 bits per heavy atom. The van der Waals surface area contributed by atoms with Crippen LogP contribution in [-0.2, 0) is 11.3 Å². The van der Waals surface area contributed by atoms with Crippen molar-refractivity contribution in [1.29, 1.82) is 0 Å². The van der Waals surface area contributed by atoms with Crippen LogP contribution in [0.3, 0.4) is 0 Å². The summed E-state index contributed by atoms with van der Waals surface area (Å²) in [5.41, 5.74) is 1.05. The highest BCUT2D eigenvalue weighted by Gasteiger charge is 2.25. The van der Waals surface area contributed by atoms with Crippen molar-refractivity contribution in [2.45, 2.75) is 32.4 Å². The highest BCUT2D eigenvalue weighted by molar-refractivity contribution is 6.42. The largest absolute Gasteiger partial charge is 0.480 e. The molecule has 0 radical (unpaired) electrons. The smallest absolute Gasteiger partial charge is 0.317 e. The maximum atomic E-state index is 10.9. The number of rotatable bonds is 6. The topological polar surface area (TPSA) is 43.8 Å². The molecule has 1 N–H and O–H groups in total. The Bertz CT molecular complexity index is 517. The molecule has 1 aliphatic heterocycles. The van der Waals surface area contributed by atoms with Crippen molar-refractivity contribution in [3.8, 4) is 0 Å². The van der Waals surface area contributed by atoms with E-state index >= 15 is 0 Å². The summed E-state index contributed by atoms with van der Waals surface area (Å²) in [5, 5.41) is 10.2. The van der Waals surface area contributed by atoms with E-state index in [-0.39, 0.29) is 6.54 Å². The summed E-state index contributed by atoms with van der Waals surface area (Å²) in [6, 6.07) is 6.07. The first-order valence-corrected chi connectivity index (χ1v) is 8.38. The minimum atomic E-state index is -0.755. The van der Waals surface area contributed by atoms with Gasteiger partial charge in [0, 0.05) is 12.6 Å². The molecule has 0 spiro atoms. The Balaban J connectivity index is 1.89. The van der Waals surface area contributed by atoms with Crippen molar-refractivity contribution in [3.63, 3.8) is 0 Å². The second-order valence-electron chi connectivity index (χ2n) is 5.68. The summed E-state index contributed by atoms with van der Waals surface area (Å²) in [6.45, 7) is 5.60. The molecule has 122 valence electrons. The molecule has 0 aromatic heterocycles. The van der Waals surface area contributed by atoms with Gasteiger partial charge in [0.05, 0.1) is 16.6 Å². The van der Waals surface area contributed by atoms with Gasteiger partial charge in [-0.1, -0.05) is 42.3 Å². The Kier molecular flexibility index (Phi) is 6.50. The number of benzene rings is 1. The van der Waals surface area contributed by atoms with Gasteiger partial charge in [-0.2, -0.15) is 0 Å². The first kappa shape index (κ1) is 17.5. The van der Waals surface area contributed by atoms with Crippen molar-refractivity contribution in [2.75, 3.05) is 26.2 Å². The zero-order valence-electron chi connectivity index (χ0n) is 12.8. The lowest BCUT2D eigenvalue weighted by Gasteiger charge is -2.37. The van der Waals surface area contributed by atoms with Crippen LogP contribution in [0.1, 0.15) is 25.3 Å². The summed E-state index contributed by atoms with van der Waals surface area (Å²) >= 11 is 12.3. The molecule has 6 heteroatoms. The van der Waals surface area contributed by atoms with Crippen molar-refractivity contribution >= 4 is 29.2 Å². The monoisotopic (exact) mass is 344 g/mol. The third kappa shape index (κ3) is 4.59. The lowest BCUT2D eigenvalue weighted by molar-refractivity contribution is -0.139. The number of likely N-dealkylation sites (N-methyl/N-ethyl adjacent to an activating group) is 1. The number of halogens is 2. The summed E-state index contributed by atoms with van der Waals surface area (Å²) in [7, 11) is 0. The highest BCUT2D eigenvalue weighted by Crippen LogP contribution is 2.27. The van der Waals surface area contributed by atoms with E-state index < -0.39 is 5.97 Å². The van der Waals surface area contributed by atoms with Gasteiger partial charge in [-0.05, 0) is 44.1 Å². The Morgan fingerprint density at radius 1 is 1.36 bits per heavy atom. The van der Waals surface area contributed by atoms with Gasteiger partial charge in [0.2, 0.25) is 0 Å². The van der Waals surface area contributed by atoms with Crippen LogP contribution in [0, 0.1) is 0 Å². The Morgan fingerprint density at radius 2 is 2.05 bits per heavy atom. The van der Waals surface area contributed by atoms with Crippen molar-refractivity contribution in [3.05, 3.63) is 33.8 Å². The van der Waals surface area contributed by atoms with E-state index in [4.69, 9.17) is 28.3 Å². The summed E-state index contributed by atoms with van der Waals surface area (Å²) in [5.74, 6) is -0.755. The molecular weight excluding hydrogens is 323 g/mol. The molecule has 0 unspecified atom stereocenters. The zero-order valence-corrected chi connectivity index (χ0v) is 14.3. The highest BCUT2D eigenvalue weighted by atomic mass is 35.5. The van der Waals surface area contributed by atoms with Crippen molar-refractivity contribution in [1.82, 2.24) is 9.80 Å². The summed E-state index contributed by atoms with van der Waals surface area (Å²) < 4.78 is 0. The van der Waals surface area contributed by atoms with Gasteiger partial charge in [-0.15, -0.1) is 0 Å². The number of hydrogen-bond donors (Lipinski definition) is 1. The minimum Gasteiger partial charge on any atom is -0.480 e. The zero-order chi connectivity index (χ0) is 16.1. The van der Waals surface area contributed by atoms with E-state index in [2.05, 4.69) is 4.90 Å². The van der Waals surface area contributed by atoms with Crippen molar-refractivity contribution < 1.29 is 9.90 Å². The van der Waals surface area contributed by atoms with Gasteiger partial charge in [0.15, 0.2) is 0 Å². The fraction of sp³-hybridized carbons (Fsp3) is 0.562. The predicted molar refractivity (Wildman–Crippen MR) is 89.6 cm³/mol. The van der Waals surface area contributed by atoms with Gasteiger partial charge in [0.1, 0.15) is 0 Å². The van der Waals surface area contributed by atoms with E-state index in [1.54, 1.807) is 6.07 Å². The maximum Gasteiger partial charge on any atom is 0.317 e. The SMILES string of the molecule is CCN(CC(=O)O)C1CCN(Cc2cccc(Cl)c2Cl)CC1. The number of carbonyl (C=O) groups is 1. The molecule has 1 fully saturated rings. The lowest BCUT2D eigenvalue weighted by Crippen LogP contribution is -2.46. The van der Waals surface area contributed by atoms with Crippen LogP contribution in [0.25, 0.3) is 0 Å². The molecule has 2 rings (SSSR count). The number of carboxylic acids is 1. The maximum absolute atomic E-state index is 10.9. The molecule has 4 nitrogen and oxygen atoms in total. The van der Waals surface area contributed by atoms with Crippen LogP contribution in [0.5, 0.6) is 0 Å². The second-order valence-corrected chi connectivity index (χ2v) is 6.46. The predicted octanol–water partition coefficient (Wildman–Crippen LogP) is 3.36. The Hall–Kier alpha value is -0.810. The van der Waals surface area contributed by atoms with E-state index in [9.17, 15) is 4.79 Å². The molecule has 1 saturated heterocycles. The number of likely N-dealkylation sites (tertiary alicyclic amines) is 1. The second kappa shape index (κ2) is 8.16.